The van der Waals surface area contributed by atoms with Crippen LogP contribution in [-0.4, -0.2) is 15.0 Å². The molecule has 0 saturated heterocycles. The lowest BCUT2D eigenvalue weighted by Gasteiger charge is -2.35. The van der Waals surface area contributed by atoms with Crippen LogP contribution < -0.4 is 0 Å². The number of nitriles is 1. The number of aromatic nitrogens is 3. The standard InChI is InChI=1S/C37H26N4S/c1-37(2)29-17-15-24(23-38)20-35(29)42-34-18-16-26(21-30(34)37)27-12-6-7-13-28(27)32-22-33(31-14-8-9-19-39-31)41-36(40-32)25-10-4-3-5-11-25/h3-22H,1-2H3. The van der Waals surface area contributed by atoms with Crippen molar-refractivity contribution in [3.05, 3.63) is 138 Å². The zero-order valence-corrected chi connectivity index (χ0v) is 24.1. The summed E-state index contributed by atoms with van der Waals surface area (Å²) in [6.07, 6.45) is 1.79. The van der Waals surface area contributed by atoms with E-state index in [2.05, 4.69) is 73.4 Å². The lowest BCUT2D eigenvalue weighted by Crippen LogP contribution is -2.23. The minimum absolute atomic E-state index is 0.212. The first-order valence-corrected chi connectivity index (χ1v) is 14.7. The molecule has 0 spiro atoms. The van der Waals surface area contributed by atoms with Crippen LogP contribution in [0.5, 0.6) is 0 Å². The normalized spacial score (nSPS) is 13.1. The van der Waals surface area contributed by atoms with Crippen LogP contribution in [0.1, 0.15) is 30.5 Å². The summed E-state index contributed by atoms with van der Waals surface area (Å²) >= 11 is 1.74. The lowest BCUT2D eigenvalue weighted by atomic mass is 9.76. The van der Waals surface area contributed by atoms with E-state index in [4.69, 9.17) is 9.97 Å². The maximum atomic E-state index is 9.44. The number of hydrogen-bond donors (Lipinski definition) is 0. The molecule has 2 aromatic heterocycles. The predicted octanol–water partition coefficient (Wildman–Crippen LogP) is 9.20. The van der Waals surface area contributed by atoms with Crippen LogP contribution in [0.4, 0.5) is 0 Å². The first kappa shape index (κ1) is 25.9. The molecule has 200 valence electrons. The topological polar surface area (TPSA) is 62.5 Å². The summed E-state index contributed by atoms with van der Waals surface area (Å²) in [6.45, 7) is 4.53. The Morgan fingerprint density at radius 2 is 1.38 bits per heavy atom. The predicted molar refractivity (Wildman–Crippen MR) is 169 cm³/mol. The van der Waals surface area contributed by atoms with Crippen LogP contribution in [0.15, 0.2) is 131 Å². The minimum Gasteiger partial charge on any atom is -0.255 e. The van der Waals surface area contributed by atoms with Gasteiger partial charge in [-0.15, -0.1) is 0 Å². The molecule has 0 aliphatic carbocycles. The highest BCUT2D eigenvalue weighted by atomic mass is 32.2. The average molecular weight is 559 g/mol. The Morgan fingerprint density at radius 3 is 2.17 bits per heavy atom. The minimum atomic E-state index is -0.212. The van der Waals surface area contributed by atoms with E-state index in [1.807, 2.05) is 66.7 Å². The smallest absolute Gasteiger partial charge is 0.160 e. The molecule has 42 heavy (non-hydrogen) atoms. The number of hydrogen-bond acceptors (Lipinski definition) is 5. The van der Waals surface area contributed by atoms with Crippen LogP contribution in [0, 0.1) is 11.3 Å². The van der Waals surface area contributed by atoms with Gasteiger partial charge in [0.2, 0.25) is 0 Å². The molecule has 0 fully saturated rings. The van der Waals surface area contributed by atoms with Gasteiger partial charge in [-0.05, 0) is 64.7 Å². The van der Waals surface area contributed by atoms with E-state index in [1.54, 1.807) is 18.0 Å². The summed E-state index contributed by atoms with van der Waals surface area (Å²) in [5, 5.41) is 9.44. The first-order valence-electron chi connectivity index (χ1n) is 13.8. The molecule has 4 nitrogen and oxygen atoms in total. The van der Waals surface area contributed by atoms with Gasteiger partial charge in [0.15, 0.2) is 5.82 Å². The maximum Gasteiger partial charge on any atom is 0.160 e. The van der Waals surface area contributed by atoms with E-state index in [1.165, 1.54) is 16.0 Å². The fourth-order valence-electron chi connectivity index (χ4n) is 5.64. The van der Waals surface area contributed by atoms with Crippen molar-refractivity contribution >= 4 is 11.8 Å². The van der Waals surface area contributed by atoms with Gasteiger partial charge in [-0.25, -0.2) is 9.97 Å². The zero-order valence-electron chi connectivity index (χ0n) is 23.2. The third-order valence-electron chi connectivity index (χ3n) is 7.86. The number of benzene rings is 4. The number of rotatable bonds is 4. The van der Waals surface area contributed by atoms with E-state index in [9.17, 15) is 5.26 Å². The molecule has 7 rings (SSSR count). The summed E-state index contributed by atoms with van der Waals surface area (Å²) < 4.78 is 0. The Hall–Kier alpha value is -5.05. The van der Waals surface area contributed by atoms with Crippen LogP contribution in [0.3, 0.4) is 0 Å². The summed E-state index contributed by atoms with van der Waals surface area (Å²) in [6, 6.07) is 41.5. The van der Waals surface area contributed by atoms with Crippen molar-refractivity contribution in [2.24, 2.45) is 0 Å². The molecule has 0 unspecified atom stereocenters. The van der Waals surface area contributed by atoms with E-state index in [-0.39, 0.29) is 5.41 Å². The molecule has 0 N–H and O–H groups in total. The summed E-state index contributed by atoms with van der Waals surface area (Å²) in [4.78, 5) is 16.9. The van der Waals surface area contributed by atoms with Gasteiger partial charge in [0.05, 0.1) is 28.7 Å². The third kappa shape index (κ3) is 4.56. The van der Waals surface area contributed by atoms with Crippen molar-refractivity contribution in [2.75, 3.05) is 0 Å². The third-order valence-corrected chi connectivity index (χ3v) is 8.99. The van der Waals surface area contributed by atoms with Crippen molar-refractivity contribution in [1.29, 1.82) is 5.26 Å². The lowest BCUT2D eigenvalue weighted by molar-refractivity contribution is 0.607. The molecule has 0 atom stereocenters. The Kier molecular flexibility index (Phi) is 6.42. The molecule has 0 amide bonds. The second-order valence-corrected chi connectivity index (χ2v) is 11.9. The number of pyridine rings is 1. The molecule has 0 bridgehead atoms. The Balaban J connectivity index is 1.37. The Bertz CT molecular complexity index is 1940. The Morgan fingerprint density at radius 1 is 0.619 bits per heavy atom. The fraction of sp³-hybridized carbons (Fsp3) is 0.0811. The van der Waals surface area contributed by atoms with Crippen LogP contribution in [-0.2, 0) is 5.41 Å². The monoisotopic (exact) mass is 558 g/mol. The molecule has 6 aromatic rings. The van der Waals surface area contributed by atoms with Gasteiger partial charge < -0.3 is 0 Å². The van der Waals surface area contributed by atoms with Crippen molar-refractivity contribution in [3.8, 4) is 51.2 Å². The molecule has 0 radical (unpaired) electrons. The number of fused-ring (bicyclic) bond motifs is 2. The first-order chi connectivity index (χ1) is 20.5. The highest BCUT2D eigenvalue weighted by Crippen LogP contribution is 2.50. The fourth-order valence-corrected chi connectivity index (χ4v) is 7.05. The van der Waals surface area contributed by atoms with E-state index < -0.39 is 0 Å². The van der Waals surface area contributed by atoms with Crippen LogP contribution >= 0.6 is 11.8 Å². The number of nitrogens with zero attached hydrogens (tertiary/aromatic N) is 4. The molecule has 5 heteroatoms. The molecule has 3 heterocycles. The van der Waals surface area contributed by atoms with E-state index in [0.29, 0.717) is 11.4 Å². The summed E-state index contributed by atoms with van der Waals surface area (Å²) in [5.74, 6) is 0.667. The average Bonchev–Trinajstić information content (AvgIpc) is 3.05. The van der Waals surface area contributed by atoms with Gasteiger partial charge >= 0.3 is 0 Å². The van der Waals surface area contributed by atoms with Crippen molar-refractivity contribution in [3.63, 3.8) is 0 Å². The van der Waals surface area contributed by atoms with E-state index in [0.717, 1.165) is 44.2 Å². The molecule has 1 aliphatic heterocycles. The molecule has 1 aliphatic rings. The molecule has 0 saturated carbocycles. The van der Waals surface area contributed by atoms with Crippen LogP contribution in [0.2, 0.25) is 0 Å². The molecule has 4 aromatic carbocycles. The largest absolute Gasteiger partial charge is 0.255 e. The summed E-state index contributed by atoms with van der Waals surface area (Å²) in [5.41, 5.74) is 9.67. The van der Waals surface area contributed by atoms with Gasteiger partial charge in [-0.2, -0.15) is 5.26 Å². The second-order valence-electron chi connectivity index (χ2n) is 10.8. The van der Waals surface area contributed by atoms with Gasteiger partial charge in [-0.1, -0.05) is 98.4 Å². The summed E-state index contributed by atoms with van der Waals surface area (Å²) in [7, 11) is 0. The molecular formula is C37H26N4S. The van der Waals surface area contributed by atoms with Crippen molar-refractivity contribution < 1.29 is 0 Å². The molecular weight excluding hydrogens is 533 g/mol. The highest BCUT2D eigenvalue weighted by molar-refractivity contribution is 7.99. The van der Waals surface area contributed by atoms with Crippen LogP contribution in [0.25, 0.3) is 45.2 Å². The van der Waals surface area contributed by atoms with Gasteiger partial charge in [-0.3, -0.25) is 4.98 Å². The quantitative estimate of drug-likeness (QED) is 0.216. The highest BCUT2D eigenvalue weighted by Gasteiger charge is 2.33. The van der Waals surface area contributed by atoms with Crippen molar-refractivity contribution in [2.45, 2.75) is 29.1 Å². The van der Waals surface area contributed by atoms with Gasteiger partial charge in [0.25, 0.3) is 0 Å². The zero-order chi connectivity index (χ0) is 28.7. The SMILES string of the molecule is CC1(C)c2ccc(C#N)cc2Sc2ccc(-c3ccccc3-c3cc(-c4ccccn4)nc(-c4ccccc4)n3)cc21. The van der Waals surface area contributed by atoms with Gasteiger partial charge in [0, 0.05) is 32.5 Å². The van der Waals surface area contributed by atoms with Crippen molar-refractivity contribution in [1.82, 2.24) is 15.0 Å². The van der Waals surface area contributed by atoms with E-state index >= 15 is 0 Å². The Labute approximate surface area is 249 Å². The second kappa shape index (κ2) is 10.4. The maximum absolute atomic E-state index is 9.44. The van der Waals surface area contributed by atoms with Gasteiger partial charge in [0.1, 0.15) is 0 Å².